The average Bonchev–Trinajstić information content (AvgIpc) is 2.36. The van der Waals surface area contributed by atoms with Crippen molar-refractivity contribution in [3.63, 3.8) is 0 Å². The third kappa shape index (κ3) is 3.75. The third-order valence-corrected chi connectivity index (χ3v) is 4.53. The SMILES string of the molecule is CS(=O)(=O)c1c(F)cccc1CCN1CCNCC1. The van der Waals surface area contributed by atoms with E-state index in [9.17, 15) is 12.8 Å². The molecule has 1 N–H and O–H groups in total. The van der Waals surface area contributed by atoms with Crippen LogP contribution in [-0.4, -0.2) is 52.3 Å². The van der Waals surface area contributed by atoms with Gasteiger partial charge in [0.05, 0.1) is 0 Å². The number of hydrogen-bond acceptors (Lipinski definition) is 4. The normalized spacial score (nSPS) is 17.6. The minimum Gasteiger partial charge on any atom is -0.314 e. The zero-order chi connectivity index (χ0) is 13.9. The van der Waals surface area contributed by atoms with Crippen LogP contribution in [0.4, 0.5) is 4.39 Å². The topological polar surface area (TPSA) is 49.4 Å². The van der Waals surface area contributed by atoms with E-state index in [-0.39, 0.29) is 4.90 Å². The third-order valence-electron chi connectivity index (χ3n) is 3.33. The van der Waals surface area contributed by atoms with Crippen LogP contribution in [0, 0.1) is 5.82 Å². The predicted molar refractivity (Wildman–Crippen MR) is 72.5 cm³/mol. The van der Waals surface area contributed by atoms with Crippen LogP contribution >= 0.6 is 0 Å². The number of rotatable bonds is 4. The molecule has 1 aromatic rings. The minimum atomic E-state index is -3.52. The van der Waals surface area contributed by atoms with E-state index in [0.29, 0.717) is 12.0 Å². The lowest BCUT2D eigenvalue weighted by Crippen LogP contribution is -2.44. The number of nitrogens with zero attached hydrogens (tertiary/aromatic N) is 1. The summed E-state index contributed by atoms with van der Waals surface area (Å²) in [6.45, 7) is 4.55. The highest BCUT2D eigenvalue weighted by Gasteiger charge is 2.19. The van der Waals surface area contributed by atoms with Crippen LogP contribution < -0.4 is 5.32 Å². The van der Waals surface area contributed by atoms with Gasteiger partial charge >= 0.3 is 0 Å². The fourth-order valence-electron chi connectivity index (χ4n) is 2.38. The molecule has 0 saturated carbocycles. The van der Waals surface area contributed by atoms with Crippen LogP contribution in [0.5, 0.6) is 0 Å². The van der Waals surface area contributed by atoms with Crippen molar-refractivity contribution in [3.05, 3.63) is 29.6 Å². The molecule has 0 bridgehead atoms. The van der Waals surface area contributed by atoms with Gasteiger partial charge in [-0.25, -0.2) is 12.8 Å². The molecule has 0 atom stereocenters. The summed E-state index contributed by atoms with van der Waals surface area (Å²) in [7, 11) is -3.52. The van der Waals surface area contributed by atoms with Gasteiger partial charge < -0.3 is 10.2 Å². The Labute approximate surface area is 113 Å². The lowest BCUT2D eigenvalue weighted by atomic mass is 10.1. The second kappa shape index (κ2) is 5.98. The highest BCUT2D eigenvalue weighted by molar-refractivity contribution is 7.90. The number of halogens is 1. The Morgan fingerprint density at radius 3 is 2.63 bits per heavy atom. The highest BCUT2D eigenvalue weighted by atomic mass is 32.2. The zero-order valence-electron chi connectivity index (χ0n) is 11.0. The molecular weight excluding hydrogens is 267 g/mol. The second-order valence-electron chi connectivity index (χ2n) is 4.84. The fraction of sp³-hybridized carbons (Fsp3) is 0.538. The molecule has 1 heterocycles. The maximum atomic E-state index is 13.7. The zero-order valence-corrected chi connectivity index (χ0v) is 11.8. The van der Waals surface area contributed by atoms with Gasteiger partial charge in [-0.15, -0.1) is 0 Å². The number of benzene rings is 1. The summed E-state index contributed by atoms with van der Waals surface area (Å²) >= 11 is 0. The molecule has 19 heavy (non-hydrogen) atoms. The molecule has 4 nitrogen and oxygen atoms in total. The number of sulfone groups is 1. The Balaban J connectivity index is 2.14. The van der Waals surface area contributed by atoms with Crippen LogP contribution in [0.25, 0.3) is 0 Å². The summed E-state index contributed by atoms with van der Waals surface area (Å²) in [5.41, 5.74) is 0.570. The highest BCUT2D eigenvalue weighted by Crippen LogP contribution is 2.20. The summed E-state index contributed by atoms with van der Waals surface area (Å²) in [5, 5.41) is 3.26. The Morgan fingerprint density at radius 2 is 2.00 bits per heavy atom. The Bertz CT molecular complexity index is 540. The molecule has 1 aliphatic rings. The summed E-state index contributed by atoms with van der Waals surface area (Å²) in [4.78, 5) is 2.11. The van der Waals surface area contributed by atoms with E-state index in [1.165, 1.54) is 6.07 Å². The van der Waals surface area contributed by atoms with Crippen LogP contribution in [-0.2, 0) is 16.3 Å². The van der Waals surface area contributed by atoms with Crippen LogP contribution in [0.15, 0.2) is 23.1 Å². The molecule has 1 aromatic carbocycles. The van der Waals surface area contributed by atoms with Gasteiger partial charge in [0.15, 0.2) is 9.84 Å². The second-order valence-corrected chi connectivity index (χ2v) is 6.79. The molecule has 0 amide bonds. The van der Waals surface area contributed by atoms with E-state index >= 15 is 0 Å². The minimum absolute atomic E-state index is 0.148. The lowest BCUT2D eigenvalue weighted by molar-refractivity contribution is 0.243. The first kappa shape index (κ1) is 14.4. The molecule has 0 aliphatic carbocycles. The van der Waals surface area contributed by atoms with E-state index in [4.69, 9.17) is 0 Å². The van der Waals surface area contributed by atoms with Gasteiger partial charge in [0.25, 0.3) is 0 Å². The van der Waals surface area contributed by atoms with Gasteiger partial charge in [-0.05, 0) is 18.1 Å². The Kier molecular flexibility index (Phi) is 4.54. The molecule has 1 aliphatic heterocycles. The summed E-state index contributed by atoms with van der Waals surface area (Å²) in [6.07, 6.45) is 1.61. The molecule has 1 fully saturated rings. The molecule has 2 rings (SSSR count). The van der Waals surface area contributed by atoms with E-state index < -0.39 is 15.7 Å². The molecule has 0 radical (unpaired) electrons. The van der Waals surface area contributed by atoms with Gasteiger partial charge in [-0.3, -0.25) is 0 Å². The van der Waals surface area contributed by atoms with Crippen molar-refractivity contribution in [2.45, 2.75) is 11.3 Å². The first-order chi connectivity index (χ1) is 8.98. The molecule has 106 valence electrons. The van der Waals surface area contributed by atoms with Gasteiger partial charge in [0.1, 0.15) is 10.7 Å². The van der Waals surface area contributed by atoms with E-state index in [2.05, 4.69) is 10.2 Å². The monoisotopic (exact) mass is 286 g/mol. The maximum absolute atomic E-state index is 13.7. The van der Waals surface area contributed by atoms with Crippen molar-refractivity contribution in [2.24, 2.45) is 0 Å². The Morgan fingerprint density at radius 1 is 1.32 bits per heavy atom. The molecule has 6 heteroatoms. The van der Waals surface area contributed by atoms with Gasteiger partial charge in [-0.1, -0.05) is 12.1 Å². The largest absolute Gasteiger partial charge is 0.314 e. The van der Waals surface area contributed by atoms with Crippen molar-refractivity contribution in [2.75, 3.05) is 39.0 Å². The molecule has 0 aromatic heterocycles. The number of piperazine rings is 1. The number of nitrogens with one attached hydrogen (secondary N) is 1. The van der Waals surface area contributed by atoms with Crippen molar-refractivity contribution in [3.8, 4) is 0 Å². The first-order valence-corrected chi connectivity index (χ1v) is 8.28. The Hall–Kier alpha value is -0.980. The van der Waals surface area contributed by atoms with E-state index in [1.807, 2.05) is 0 Å². The lowest BCUT2D eigenvalue weighted by Gasteiger charge is -2.27. The maximum Gasteiger partial charge on any atom is 0.178 e. The van der Waals surface area contributed by atoms with Crippen LogP contribution in [0.1, 0.15) is 5.56 Å². The summed E-state index contributed by atoms with van der Waals surface area (Å²) < 4.78 is 37.0. The van der Waals surface area contributed by atoms with Crippen molar-refractivity contribution < 1.29 is 12.8 Å². The van der Waals surface area contributed by atoms with Gasteiger partial charge in [0.2, 0.25) is 0 Å². The number of hydrogen-bond donors (Lipinski definition) is 1. The van der Waals surface area contributed by atoms with Crippen molar-refractivity contribution in [1.29, 1.82) is 0 Å². The standard InChI is InChI=1S/C13H19FN2O2S/c1-19(17,18)13-11(3-2-4-12(13)14)5-8-16-9-6-15-7-10-16/h2-4,15H,5-10H2,1H3. The molecule has 0 spiro atoms. The predicted octanol–water partition coefficient (Wildman–Crippen LogP) is 0.677. The average molecular weight is 286 g/mol. The van der Waals surface area contributed by atoms with E-state index in [1.54, 1.807) is 12.1 Å². The quantitative estimate of drug-likeness (QED) is 0.884. The van der Waals surface area contributed by atoms with Gasteiger partial charge in [0, 0.05) is 39.0 Å². The van der Waals surface area contributed by atoms with Crippen LogP contribution in [0.2, 0.25) is 0 Å². The fourth-order valence-corrected chi connectivity index (χ4v) is 3.45. The smallest absolute Gasteiger partial charge is 0.178 e. The van der Waals surface area contributed by atoms with Crippen molar-refractivity contribution >= 4 is 9.84 Å². The summed E-state index contributed by atoms with van der Waals surface area (Å²) in [5.74, 6) is -0.652. The first-order valence-electron chi connectivity index (χ1n) is 6.39. The molecular formula is C13H19FN2O2S. The molecule has 1 saturated heterocycles. The summed E-state index contributed by atoms with van der Waals surface area (Å²) in [6, 6.07) is 4.46. The van der Waals surface area contributed by atoms with Gasteiger partial charge in [-0.2, -0.15) is 0 Å². The van der Waals surface area contributed by atoms with Crippen molar-refractivity contribution in [1.82, 2.24) is 10.2 Å². The van der Waals surface area contributed by atoms with E-state index in [0.717, 1.165) is 39.0 Å². The van der Waals surface area contributed by atoms with Crippen LogP contribution in [0.3, 0.4) is 0 Å². The molecule has 0 unspecified atom stereocenters.